The van der Waals surface area contributed by atoms with E-state index in [-0.39, 0.29) is 11.6 Å². The largest absolute Gasteiger partial charge is 0.298 e. The van der Waals surface area contributed by atoms with Gasteiger partial charge in [-0.3, -0.25) is 25.8 Å². The first-order valence-corrected chi connectivity index (χ1v) is 7.88. The Bertz CT molecular complexity index is 946. The lowest BCUT2D eigenvalue weighted by atomic mass is 10.2. The zero-order valence-corrected chi connectivity index (χ0v) is 14.3. The first-order valence-electron chi connectivity index (χ1n) is 7.88. The van der Waals surface area contributed by atoms with E-state index in [1.807, 2.05) is 36.7 Å². The number of hydrogen-bond acceptors (Lipinski definition) is 5. The van der Waals surface area contributed by atoms with Crippen molar-refractivity contribution in [2.24, 2.45) is 0 Å². The average Bonchev–Trinajstić information content (AvgIpc) is 2.98. The quantitative estimate of drug-likeness (QED) is 0.543. The number of carbonyl (C=O) groups is 1. The zero-order chi connectivity index (χ0) is 18.7. The molecule has 0 aliphatic carbocycles. The molecule has 0 unspecified atom stereocenters. The summed E-state index contributed by atoms with van der Waals surface area (Å²) < 4.78 is 1.81. The van der Waals surface area contributed by atoms with Gasteiger partial charge in [0.2, 0.25) is 0 Å². The van der Waals surface area contributed by atoms with Gasteiger partial charge in [0.1, 0.15) is 0 Å². The van der Waals surface area contributed by atoms with Crippen LogP contribution in [0.25, 0.3) is 5.69 Å². The van der Waals surface area contributed by atoms with E-state index in [9.17, 15) is 14.9 Å². The second-order valence-electron chi connectivity index (χ2n) is 5.77. The maximum absolute atomic E-state index is 12.2. The van der Waals surface area contributed by atoms with Crippen molar-refractivity contribution in [3.05, 3.63) is 81.7 Å². The molecular weight excluding hydrogens is 334 g/mol. The number of non-ortho nitro benzene ring substituents is 1. The molecule has 0 aliphatic heterocycles. The van der Waals surface area contributed by atoms with E-state index in [0.717, 1.165) is 17.1 Å². The van der Waals surface area contributed by atoms with E-state index in [1.165, 1.54) is 24.3 Å². The number of aryl methyl sites for hydroxylation is 2. The Hall–Kier alpha value is -3.68. The van der Waals surface area contributed by atoms with Gasteiger partial charge in [-0.1, -0.05) is 0 Å². The number of hydrogen-bond donors (Lipinski definition) is 2. The number of rotatable bonds is 5. The molecule has 0 spiro atoms. The van der Waals surface area contributed by atoms with Crippen LogP contribution in [0.1, 0.15) is 21.7 Å². The van der Waals surface area contributed by atoms with E-state index in [4.69, 9.17) is 0 Å². The van der Waals surface area contributed by atoms with Crippen LogP contribution >= 0.6 is 0 Å². The summed E-state index contributed by atoms with van der Waals surface area (Å²) in [6.07, 6.45) is 0. The van der Waals surface area contributed by atoms with Crippen molar-refractivity contribution in [3.63, 3.8) is 0 Å². The molecule has 1 aromatic heterocycles. The van der Waals surface area contributed by atoms with Crippen LogP contribution in [0, 0.1) is 24.0 Å². The first kappa shape index (κ1) is 17.2. The van der Waals surface area contributed by atoms with Gasteiger partial charge in [-0.25, -0.2) is 4.68 Å². The number of nitro benzene ring substituents is 1. The smallest absolute Gasteiger partial charge is 0.269 e. The molecule has 1 heterocycles. The molecule has 0 saturated heterocycles. The number of anilines is 1. The number of amides is 1. The number of carbonyl (C=O) groups excluding carboxylic acids is 1. The predicted molar refractivity (Wildman–Crippen MR) is 97.2 cm³/mol. The van der Waals surface area contributed by atoms with Gasteiger partial charge in [0, 0.05) is 23.4 Å². The Morgan fingerprint density at radius 3 is 2.27 bits per heavy atom. The number of nitro groups is 1. The summed E-state index contributed by atoms with van der Waals surface area (Å²) in [5, 5.41) is 15.0. The fourth-order valence-electron chi connectivity index (χ4n) is 2.51. The Balaban J connectivity index is 1.64. The molecule has 2 aromatic carbocycles. The maximum atomic E-state index is 12.2. The number of aromatic nitrogens is 2. The molecule has 3 rings (SSSR count). The fraction of sp³-hybridized carbons (Fsp3) is 0.111. The topological polar surface area (TPSA) is 102 Å². The molecule has 2 N–H and O–H groups in total. The minimum atomic E-state index is -0.479. The van der Waals surface area contributed by atoms with Crippen LogP contribution in [0.15, 0.2) is 54.6 Å². The van der Waals surface area contributed by atoms with E-state index in [0.29, 0.717) is 11.3 Å². The van der Waals surface area contributed by atoms with Crippen molar-refractivity contribution in [3.8, 4) is 5.69 Å². The van der Waals surface area contributed by atoms with Gasteiger partial charge in [-0.15, -0.1) is 0 Å². The van der Waals surface area contributed by atoms with Gasteiger partial charge < -0.3 is 0 Å². The van der Waals surface area contributed by atoms with Crippen LogP contribution in [0.3, 0.4) is 0 Å². The first-order chi connectivity index (χ1) is 12.4. The number of benzene rings is 2. The zero-order valence-electron chi connectivity index (χ0n) is 14.3. The van der Waals surface area contributed by atoms with Crippen LogP contribution in [-0.2, 0) is 0 Å². The Labute approximate surface area is 149 Å². The summed E-state index contributed by atoms with van der Waals surface area (Å²) in [7, 11) is 0. The molecule has 0 bridgehead atoms. The van der Waals surface area contributed by atoms with Gasteiger partial charge in [-0.2, -0.15) is 5.10 Å². The van der Waals surface area contributed by atoms with E-state index >= 15 is 0 Å². The molecule has 0 saturated carbocycles. The van der Waals surface area contributed by atoms with Crippen LogP contribution < -0.4 is 10.9 Å². The van der Waals surface area contributed by atoms with Gasteiger partial charge in [0.25, 0.3) is 11.6 Å². The molecular formula is C18H17N5O3. The highest BCUT2D eigenvalue weighted by Gasteiger charge is 2.08. The van der Waals surface area contributed by atoms with Crippen molar-refractivity contribution in [1.82, 2.24) is 15.2 Å². The van der Waals surface area contributed by atoms with Crippen molar-refractivity contribution in [2.45, 2.75) is 13.8 Å². The Morgan fingerprint density at radius 2 is 1.73 bits per heavy atom. The van der Waals surface area contributed by atoms with Crippen molar-refractivity contribution in [2.75, 3.05) is 5.43 Å². The molecule has 1 amide bonds. The summed E-state index contributed by atoms with van der Waals surface area (Å²) >= 11 is 0. The van der Waals surface area contributed by atoms with Gasteiger partial charge in [-0.05, 0) is 56.3 Å². The summed E-state index contributed by atoms with van der Waals surface area (Å²) in [5.74, 6) is -0.316. The number of hydrazine groups is 1. The van der Waals surface area contributed by atoms with Crippen LogP contribution in [-0.4, -0.2) is 20.6 Å². The third-order valence-electron chi connectivity index (χ3n) is 3.78. The predicted octanol–water partition coefficient (Wildman–Crippen LogP) is 3.15. The maximum Gasteiger partial charge on any atom is 0.269 e. The molecule has 8 heteroatoms. The van der Waals surface area contributed by atoms with Crippen molar-refractivity contribution < 1.29 is 9.72 Å². The summed E-state index contributed by atoms with van der Waals surface area (Å²) in [4.78, 5) is 22.4. The molecule has 132 valence electrons. The highest BCUT2D eigenvalue weighted by Crippen LogP contribution is 2.15. The number of nitrogens with zero attached hydrogens (tertiary/aromatic N) is 3. The molecule has 0 aliphatic rings. The van der Waals surface area contributed by atoms with Crippen molar-refractivity contribution >= 4 is 17.3 Å². The fourth-order valence-corrected chi connectivity index (χ4v) is 2.51. The minimum Gasteiger partial charge on any atom is -0.298 e. The average molecular weight is 351 g/mol. The lowest BCUT2D eigenvalue weighted by molar-refractivity contribution is -0.384. The van der Waals surface area contributed by atoms with Gasteiger partial charge >= 0.3 is 0 Å². The standard InChI is InChI=1S/C18H17N5O3/c1-12-11-13(2)22(21-12)16-7-3-14(4-8-16)18(24)20-19-15-5-9-17(10-6-15)23(25)26/h3-11,19H,1-2H3,(H,20,24). The van der Waals surface area contributed by atoms with Gasteiger partial charge in [0.15, 0.2) is 0 Å². The summed E-state index contributed by atoms with van der Waals surface area (Å²) in [6.45, 7) is 3.89. The Morgan fingerprint density at radius 1 is 1.08 bits per heavy atom. The SMILES string of the molecule is Cc1cc(C)n(-c2ccc(C(=O)NNc3ccc([N+](=O)[O-])cc3)cc2)n1. The van der Waals surface area contributed by atoms with Gasteiger partial charge in [0.05, 0.1) is 22.0 Å². The second-order valence-corrected chi connectivity index (χ2v) is 5.77. The third-order valence-corrected chi connectivity index (χ3v) is 3.78. The molecule has 0 fully saturated rings. The van der Waals surface area contributed by atoms with Crippen molar-refractivity contribution in [1.29, 1.82) is 0 Å². The Kier molecular flexibility index (Phi) is 4.66. The highest BCUT2D eigenvalue weighted by atomic mass is 16.6. The molecule has 3 aromatic rings. The highest BCUT2D eigenvalue weighted by molar-refractivity contribution is 5.95. The lowest BCUT2D eigenvalue weighted by Crippen LogP contribution is -2.29. The van der Waals surface area contributed by atoms with Crippen LogP contribution in [0.2, 0.25) is 0 Å². The van der Waals surface area contributed by atoms with E-state index in [1.54, 1.807) is 12.1 Å². The normalized spacial score (nSPS) is 10.4. The number of nitrogens with one attached hydrogen (secondary N) is 2. The molecule has 0 atom stereocenters. The summed E-state index contributed by atoms with van der Waals surface area (Å²) in [5.41, 5.74) is 9.11. The molecule has 0 radical (unpaired) electrons. The third kappa shape index (κ3) is 3.69. The molecule has 8 nitrogen and oxygen atoms in total. The summed E-state index contributed by atoms with van der Waals surface area (Å²) in [6, 6.07) is 14.8. The monoisotopic (exact) mass is 351 g/mol. The molecule has 26 heavy (non-hydrogen) atoms. The second kappa shape index (κ2) is 7.06. The van der Waals surface area contributed by atoms with Crippen LogP contribution in [0.5, 0.6) is 0 Å². The van der Waals surface area contributed by atoms with Crippen LogP contribution in [0.4, 0.5) is 11.4 Å². The minimum absolute atomic E-state index is 0.0124. The van der Waals surface area contributed by atoms with E-state index < -0.39 is 4.92 Å². The lowest BCUT2D eigenvalue weighted by Gasteiger charge is -2.09. The van der Waals surface area contributed by atoms with E-state index in [2.05, 4.69) is 16.0 Å².